The average molecular weight is 542 g/mol. The Morgan fingerprint density at radius 1 is 1.20 bits per heavy atom. The van der Waals surface area contributed by atoms with Crippen LogP contribution in [0.1, 0.15) is 46.1 Å². The first-order valence-corrected chi connectivity index (χ1v) is 9.92. The highest BCUT2D eigenvalue weighted by molar-refractivity contribution is 14.0. The molecule has 1 amide bonds. The van der Waals surface area contributed by atoms with Crippen LogP contribution in [0, 0.1) is 0 Å². The van der Waals surface area contributed by atoms with Crippen LogP contribution in [0.25, 0.3) is 0 Å². The molecule has 0 aliphatic carbocycles. The maximum Gasteiger partial charge on any atom is 0.387 e. The van der Waals surface area contributed by atoms with Crippen LogP contribution in [0.2, 0.25) is 0 Å². The number of nitrogens with zero attached hydrogens (tertiary/aromatic N) is 1. The minimum Gasteiger partial charge on any atom is -0.490 e. The van der Waals surface area contributed by atoms with Crippen LogP contribution in [-0.2, 0) is 11.3 Å². The minimum absolute atomic E-state index is 0. The van der Waals surface area contributed by atoms with Crippen molar-refractivity contribution in [3.63, 3.8) is 0 Å². The summed E-state index contributed by atoms with van der Waals surface area (Å²) in [4.78, 5) is 16.3. The molecule has 10 heteroatoms. The third-order valence-corrected chi connectivity index (χ3v) is 3.98. The number of aliphatic imine (C=N–C) groups is 1. The maximum absolute atomic E-state index is 12.8. The third kappa shape index (κ3) is 10.8. The van der Waals surface area contributed by atoms with Crippen molar-refractivity contribution in [2.45, 2.75) is 59.7 Å². The van der Waals surface area contributed by atoms with E-state index < -0.39 is 6.61 Å². The fourth-order valence-corrected chi connectivity index (χ4v) is 2.43. The number of nitrogens with one attached hydrogen (secondary N) is 3. The Morgan fingerprint density at radius 3 is 2.53 bits per heavy atom. The molecule has 1 unspecified atom stereocenters. The normalized spacial score (nSPS) is 12.0. The third-order valence-electron chi connectivity index (χ3n) is 3.98. The van der Waals surface area contributed by atoms with E-state index in [2.05, 4.69) is 25.7 Å². The molecule has 172 valence electrons. The lowest BCUT2D eigenvalue weighted by Gasteiger charge is -2.16. The summed E-state index contributed by atoms with van der Waals surface area (Å²) in [6, 6.07) is 5.07. The molecular formula is C20H33F2IN4O3. The first-order valence-electron chi connectivity index (χ1n) is 9.92. The van der Waals surface area contributed by atoms with E-state index in [4.69, 9.17) is 4.74 Å². The van der Waals surface area contributed by atoms with E-state index in [1.54, 1.807) is 25.1 Å². The van der Waals surface area contributed by atoms with Gasteiger partial charge in [-0.1, -0.05) is 19.1 Å². The highest BCUT2D eigenvalue weighted by Gasteiger charge is 2.15. The maximum atomic E-state index is 12.8. The molecule has 3 N–H and O–H groups in total. The standard InChI is InChI=1S/C20H32F2N4O3.HI/c1-5-14(4)26-17(27)11-12-24-20(23-6-2)25-13-15-9-8-10-16(28-7-3)18(15)29-19(21)22;/h8-10,14,19H,5-7,11-13H2,1-4H3,(H,26,27)(H2,23,24,25);1H. The van der Waals surface area contributed by atoms with Crippen molar-refractivity contribution >= 4 is 35.8 Å². The van der Waals surface area contributed by atoms with Crippen molar-refractivity contribution < 1.29 is 23.0 Å². The van der Waals surface area contributed by atoms with Gasteiger partial charge in [0.1, 0.15) is 0 Å². The lowest BCUT2D eigenvalue weighted by Crippen LogP contribution is -2.40. The molecule has 0 radical (unpaired) electrons. The Labute approximate surface area is 194 Å². The van der Waals surface area contributed by atoms with Gasteiger partial charge in [-0.05, 0) is 33.3 Å². The van der Waals surface area contributed by atoms with Crippen molar-refractivity contribution in [2.75, 3.05) is 19.7 Å². The van der Waals surface area contributed by atoms with Crippen LogP contribution in [0.5, 0.6) is 11.5 Å². The zero-order valence-electron chi connectivity index (χ0n) is 18.0. The Bertz CT molecular complexity index is 663. The van der Waals surface area contributed by atoms with Gasteiger partial charge >= 0.3 is 6.61 Å². The van der Waals surface area contributed by atoms with Gasteiger partial charge in [0.05, 0.1) is 13.2 Å². The molecule has 0 saturated carbocycles. The monoisotopic (exact) mass is 542 g/mol. The number of ether oxygens (including phenoxy) is 2. The Hall–Kier alpha value is -1.85. The summed E-state index contributed by atoms with van der Waals surface area (Å²) >= 11 is 0. The molecule has 0 fully saturated rings. The first kappa shape index (κ1) is 28.1. The number of hydrogen-bond acceptors (Lipinski definition) is 4. The SMILES string of the molecule is CCNC(=NCc1cccc(OCC)c1OC(F)F)NCCC(=O)NC(C)CC.I. The van der Waals surface area contributed by atoms with Crippen LogP contribution >= 0.6 is 24.0 Å². The highest BCUT2D eigenvalue weighted by atomic mass is 127. The summed E-state index contributed by atoms with van der Waals surface area (Å²) in [5, 5.41) is 9.03. The number of hydrogen-bond donors (Lipinski definition) is 3. The molecule has 0 heterocycles. The van der Waals surface area contributed by atoms with E-state index >= 15 is 0 Å². The Morgan fingerprint density at radius 2 is 1.93 bits per heavy atom. The van der Waals surface area contributed by atoms with E-state index in [0.29, 0.717) is 37.6 Å². The molecule has 1 atom stereocenters. The van der Waals surface area contributed by atoms with Gasteiger partial charge in [-0.2, -0.15) is 8.78 Å². The number of alkyl halides is 2. The summed E-state index contributed by atoms with van der Waals surface area (Å²) in [5.74, 6) is 0.672. The van der Waals surface area contributed by atoms with Gasteiger partial charge in [-0.3, -0.25) is 4.79 Å². The fraction of sp³-hybridized carbons (Fsp3) is 0.600. The summed E-state index contributed by atoms with van der Waals surface area (Å²) < 4.78 is 35.7. The van der Waals surface area contributed by atoms with Gasteiger partial charge in [0, 0.05) is 31.1 Å². The van der Waals surface area contributed by atoms with E-state index in [1.807, 2.05) is 20.8 Å². The van der Waals surface area contributed by atoms with Crippen LogP contribution < -0.4 is 25.4 Å². The molecule has 0 aromatic heterocycles. The molecule has 0 spiro atoms. The smallest absolute Gasteiger partial charge is 0.387 e. The second kappa shape index (κ2) is 15.9. The van der Waals surface area contributed by atoms with Gasteiger partial charge in [0.2, 0.25) is 5.91 Å². The van der Waals surface area contributed by atoms with Gasteiger partial charge in [-0.15, -0.1) is 24.0 Å². The number of benzene rings is 1. The van der Waals surface area contributed by atoms with E-state index in [0.717, 1.165) is 6.42 Å². The van der Waals surface area contributed by atoms with Crippen LogP contribution in [-0.4, -0.2) is 44.2 Å². The number of carbonyl (C=O) groups excluding carboxylic acids is 1. The molecule has 0 aliphatic heterocycles. The molecule has 30 heavy (non-hydrogen) atoms. The summed E-state index contributed by atoms with van der Waals surface area (Å²) in [7, 11) is 0. The number of carbonyl (C=O) groups is 1. The summed E-state index contributed by atoms with van der Waals surface area (Å²) in [6.07, 6.45) is 1.17. The van der Waals surface area contributed by atoms with Gasteiger partial charge in [-0.25, -0.2) is 4.99 Å². The second-order valence-corrected chi connectivity index (χ2v) is 6.30. The predicted octanol–water partition coefficient (Wildman–Crippen LogP) is 3.66. The number of rotatable bonds is 12. The number of para-hydroxylation sites is 1. The van der Waals surface area contributed by atoms with Crippen molar-refractivity contribution in [2.24, 2.45) is 4.99 Å². The van der Waals surface area contributed by atoms with Crippen molar-refractivity contribution in [1.82, 2.24) is 16.0 Å². The lowest BCUT2D eigenvalue weighted by atomic mass is 10.2. The van der Waals surface area contributed by atoms with Gasteiger partial charge in [0.15, 0.2) is 17.5 Å². The molecule has 0 saturated heterocycles. The Balaban J connectivity index is 0.00000841. The first-order chi connectivity index (χ1) is 13.9. The van der Waals surface area contributed by atoms with Gasteiger partial charge < -0.3 is 25.4 Å². The molecule has 7 nitrogen and oxygen atoms in total. The Kier molecular flexibility index (Phi) is 14.9. The minimum atomic E-state index is -2.96. The second-order valence-electron chi connectivity index (χ2n) is 6.30. The topological polar surface area (TPSA) is 84.0 Å². The zero-order chi connectivity index (χ0) is 21.6. The zero-order valence-corrected chi connectivity index (χ0v) is 20.3. The number of halogens is 3. The highest BCUT2D eigenvalue weighted by Crippen LogP contribution is 2.33. The molecule has 1 aromatic carbocycles. The molecule has 0 aliphatic rings. The van der Waals surface area contributed by atoms with Crippen LogP contribution in [0.15, 0.2) is 23.2 Å². The number of guanidine groups is 1. The van der Waals surface area contributed by atoms with E-state index in [9.17, 15) is 13.6 Å². The quantitative estimate of drug-likeness (QED) is 0.213. The fourth-order valence-electron chi connectivity index (χ4n) is 2.43. The van der Waals surface area contributed by atoms with Crippen LogP contribution in [0.4, 0.5) is 8.78 Å². The largest absolute Gasteiger partial charge is 0.490 e. The summed E-state index contributed by atoms with van der Waals surface area (Å²) in [6.45, 7) is 6.12. The average Bonchev–Trinajstić information content (AvgIpc) is 2.67. The molecule has 0 bridgehead atoms. The van der Waals surface area contributed by atoms with E-state index in [1.165, 1.54) is 0 Å². The van der Waals surface area contributed by atoms with Crippen molar-refractivity contribution in [3.8, 4) is 11.5 Å². The van der Waals surface area contributed by atoms with Crippen molar-refractivity contribution in [3.05, 3.63) is 23.8 Å². The number of amides is 1. The molecule has 1 rings (SSSR count). The summed E-state index contributed by atoms with van der Waals surface area (Å²) in [5.41, 5.74) is 0.475. The molecular weight excluding hydrogens is 509 g/mol. The van der Waals surface area contributed by atoms with E-state index in [-0.39, 0.29) is 54.0 Å². The van der Waals surface area contributed by atoms with Crippen LogP contribution in [0.3, 0.4) is 0 Å². The lowest BCUT2D eigenvalue weighted by molar-refractivity contribution is -0.121. The van der Waals surface area contributed by atoms with Crippen molar-refractivity contribution in [1.29, 1.82) is 0 Å². The van der Waals surface area contributed by atoms with Gasteiger partial charge in [0.25, 0.3) is 0 Å². The molecule has 1 aromatic rings. The predicted molar refractivity (Wildman–Crippen MR) is 125 cm³/mol.